The van der Waals surface area contributed by atoms with Crippen molar-refractivity contribution in [1.29, 1.82) is 0 Å². The van der Waals surface area contributed by atoms with Gasteiger partial charge in [0.2, 0.25) is 0 Å². The Morgan fingerprint density at radius 1 is 1.46 bits per heavy atom. The molecule has 0 radical (unpaired) electrons. The molecule has 1 aromatic rings. The molecule has 1 aromatic heterocycles. The van der Waals surface area contributed by atoms with E-state index in [4.69, 9.17) is 0 Å². The van der Waals surface area contributed by atoms with Gasteiger partial charge in [-0.15, -0.1) is 0 Å². The summed E-state index contributed by atoms with van der Waals surface area (Å²) in [6, 6.07) is 0. The molecule has 0 aliphatic heterocycles. The zero-order chi connectivity index (χ0) is 9.15. The van der Waals surface area contributed by atoms with Crippen molar-refractivity contribution in [2.45, 2.75) is 31.2 Å². The quantitative estimate of drug-likeness (QED) is 0.665. The lowest BCUT2D eigenvalue weighted by Crippen LogP contribution is -2.32. The molecule has 0 N–H and O–H groups in total. The van der Waals surface area contributed by atoms with Crippen LogP contribution in [-0.4, -0.2) is 16.1 Å². The van der Waals surface area contributed by atoms with E-state index in [2.05, 4.69) is 10.2 Å². The summed E-state index contributed by atoms with van der Waals surface area (Å²) in [7, 11) is 0. The number of hydrogen-bond acceptors (Lipinski definition) is 3. The van der Waals surface area contributed by atoms with Crippen molar-refractivity contribution in [3.63, 3.8) is 0 Å². The molecule has 2 rings (SSSR count). The van der Waals surface area contributed by atoms with Crippen LogP contribution in [0.4, 0.5) is 0 Å². The predicted octanol–water partition coefficient (Wildman–Crippen LogP) is 1.92. The lowest BCUT2D eigenvalue weighted by atomic mass is 9.98. The lowest BCUT2D eigenvalue weighted by Gasteiger charge is -2.27. The van der Waals surface area contributed by atoms with Gasteiger partial charge in [-0.25, -0.2) is 4.98 Å². The minimum absolute atomic E-state index is 0.0573. The van der Waals surface area contributed by atoms with E-state index in [0.29, 0.717) is 6.54 Å². The summed E-state index contributed by atoms with van der Waals surface area (Å²) in [4.78, 5) is 14.4. The first-order chi connectivity index (χ1) is 6.37. The first kappa shape index (κ1) is 8.41. The highest BCUT2D eigenvalue weighted by atomic mass is 16.3. The molecule has 1 heterocycles. The Bertz CT molecular complexity index is 275. The highest BCUT2D eigenvalue weighted by Crippen LogP contribution is 2.36. The zero-order valence-electron chi connectivity index (χ0n) is 7.52. The standard InChI is InChI=1S/C9H13N3O/c13-11-7-9(3-1-2-4-9)12-6-5-10-8-12/h5-6,8H,1-4,7H2. The van der Waals surface area contributed by atoms with Crippen molar-refractivity contribution in [3.05, 3.63) is 23.6 Å². The molecule has 0 atom stereocenters. The normalized spacial score (nSPS) is 20.3. The van der Waals surface area contributed by atoms with Crippen LogP contribution < -0.4 is 0 Å². The van der Waals surface area contributed by atoms with Crippen LogP contribution in [0.15, 0.2) is 23.9 Å². The smallest absolute Gasteiger partial charge is 0.105 e. The average Bonchev–Trinajstić information content (AvgIpc) is 2.73. The van der Waals surface area contributed by atoms with Crippen LogP contribution in [0, 0.1) is 4.91 Å². The Balaban J connectivity index is 2.27. The molecule has 70 valence electrons. The summed E-state index contributed by atoms with van der Waals surface area (Å²) in [5, 5.41) is 3.05. The van der Waals surface area contributed by atoms with Gasteiger partial charge in [0.15, 0.2) is 0 Å². The van der Waals surface area contributed by atoms with Gasteiger partial charge in [0.05, 0.1) is 11.9 Å². The van der Waals surface area contributed by atoms with Gasteiger partial charge >= 0.3 is 0 Å². The third-order valence-electron chi connectivity index (χ3n) is 2.95. The minimum Gasteiger partial charge on any atom is -0.329 e. The number of nitrogens with zero attached hydrogens (tertiary/aromatic N) is 3. The Morgan fingerprint density at radius 3 is 2.77 bits per heavy atom. The molecule has 4 nitrogen and oxygen atoms in total. The van der Waals surface area contributed by atoms with Crippen LogP contribution in [0.5, 0.6) is 0 Å². The molecule has 1 aliphatic rings. The molecule has 1 saturated carbocycles. The SMILES string of the molecule is O=NCC1(n2ccnc2)CCCC1. The van der Waals surface area contributed by atoms with Gasteiger partial charge in [-0.05, 0) is 12.8 Å². The maximum absolute atomic E-state index is 10.4. The molecule has 13 heavy (non-hydrogen) atoms. The van der Waals surface area contributed by atoms with E-state index in [1.165, 1.54) is 12.8 Å². The Labute approximate surface area is 76.9 Å². The average molecular weight is 179 g/mol. The van der Waals surface area contributed by atoms with Gasteiger partial charge in [0.1, 0.15) is 6.54 Å². The van der Waals surface area contributed by atoms with Crippen LogP contribution in [0.1, 0.15) is 25.7 Å². The van der Waals surface area contributed by atoms with Crippen LogP contribution in [0.3, 0.4) is 0 Å². The van der Waals surface area contributed by atoms with Crippen LogP contribution in [-0.2, 0) is 5.54 Å². The van der Waals surface area contributed by atoms with E-state index in [9.17, 15) is 4.91 Å². The molecule has 1 fully saturated rings. The second kappa shape index (κ2) is 3.28. The van der Waals surface area contributed by atoms with Gasteiger partial charge < -0.3 is 4.57 Å². The van der Waals surface area contributed by atoms with Crippen molar-refractivity contribution < 1.29 is 0 Å². The van der Waals surface area contributed by atoms with Gasteiger partial charge in [0.25, 0.3) is 0 Å². The van der Waals surface area contributed by atoms with Crippen molar-refractivity contribution in [2.24, 2.45) is 5.18 Å². The topological polar surface area (TPSA) is 47.2 Å². The third kappa shape index (κ3) is 1.36. The minimum atomic E-state index is -0.0573. The van der Waals surface area contributed by atoms with E-state index >= 15 is 0 Å². The Hall–Kier alpha value is -1.19. The Morgan fingerprint density at radius 2 is 2.23 bits per heavy atom. The first-order valence-corrected chi connectivity index (χ1v) is 4.65. The largest absolute Gasteiger partial charge is 0.329 e. The lowest BCUT2D eigenvalue weighted by molar-refractivity contribution is 0.303. The van der Waals surface area contributed by atoms with Crippen molar-refractivity contribution in [3.8, 4) is 0 Å². The van der Waals surface area contributed by atoms with Crippen molar-refractivity contribution in [2.75, 3.05) is 6.54 Å². The molecular weight excluding hydrogens is 166 g/mol. The first-order valence-electron chi connectivity index (χ1n) is 4.65. The van der Waals surface area contributed by atoms with E-state index in [1.807, 2.05) is 10.8 Å². The molecular formula is C9H13N3O. The third-order valence-corrected chi connectivity index (χ3v) is 2.95. The van der Waals surface area contributed by atoms with E-state index in [1.54, 1.807) is 12.5 Å². The summed E-state index contributed by atoms with van der Waals surface area (Å²) in [5.41, 5.74) is -0.0573. The predicted molar refractivity (Wildman–Crippen MR) is 49.3 cm³/mol. The summed E-state index contributed by atoms with van der Waals surface area (Å²) in [5.74, 6) is 0. The summed E-state index contributed by atoms with van der Waals surface area (Å²) in [6.45, 7) is 0.378. The van der Waals surface area contributed by atoms with Crippen LogP contribution in [0.2, 0.25) is 0 Å². The number of rotatable bonds is 3. The maximum Gasteiger partial charge on any atom is 0.105 e. The van der Waals surface area contributed by atoms with E-state index in [0.717, 1.165) is 12.8 Å². The van der Waals surface area contributed by atoms with Gasteiger partial charge in [-0.3, -0.25) is 0 Å². The van der Waals surface area contributed by atoms with Gasteiger partial charge in [-0.1, -0.05) is 18.0 Å². The fraction of sp³-hybridized carbons (Fsp3) is 0.667. The highest BCUT2D eigenvalue weighted by molar-refractivity contribution is 4.96. The summed E-state index contributed by atoms with van der Waals surface area (Å²) < 4.78 is 2.04. The number of hydrogen-bond donors (Lipinski definition) is 0. The van der Waals surface area contributed by atoms with Crippen molar-refractivity contribution in [1.82, 2.24) is 9.55 Å². The Kier molecular flexibility index (Phi) is 2.12. The summed E-state index contributed by atoms with van der Waals surface area (Å²) >= 11 is 0. The van der Waals surface area contributed by atoms with Gasteiger partial charge in [-0.2, -0.15) is 4.91 Å². The molecule has 1 aliphatic carbocycles. The summed E-state index contributed by atoms with van der Waals surface area (Å²) in [6.07, 6.45) is 9.95. The fourth-order valence-electron chi connectivity index (χ4n) is 2.19. The molecule has 0 aromatic carbocycles. The zero-order valence-corrected chi connectivity index (χ0v) is 7.52. The monoisotopic (exact) mass is 179 g/mol. The molecule has 0 bridgehead atoms. The molecule has 0 saturated heterocycles. The van der Waals surface area contributed by atoms with E-state index in [-0.39, 0.29) is 5.54 Å². The number of aromatic nitrogens is 2. The van der Waals surface area contributed by atoms with Gasteiger partial charge in [0, 0.05) is 12.4 Å². The molecule has 0 amide bonds. The molecule has 0 spiro atoms. The second-order valence-electron chi connectivity index (χ2n) is 3.69. The molecule has 4 heteroatoms. The molecule has 0 unspecified atom stereocenters. The maximum atomic E-state index is 10.4. The van der Waals surface area contributed by atoms with Crippen molar-refractivity contribution >= 4 is 0 Å². The number of nitroso groups, excluding NO2 is 1. The van der Waals surface area contributed by atoms with Crippen LogP contribution in [0.25, 0.3) is 0 Å². The van der Waals surface area contributed by atoms with Crippen LogP contribution >= 0.6 is 0 Å². The highest BCUT2D eigenvalue weighted by Gasteiger charge is 2.35. The number of imidazole rings is 1. The fourth-order valence-corrected chi connectivity index (χ4v) is 2.19. The second-order valence-corrected chi connectivity index (χ2v) is 3.69. The van der Waals surface area contributed by atoms with E-state index < -0.39 is 0 Å².